The molecule has 0 radical (unpaired) electrons. The van der Waals surface area contributed by atoms with E-state index in [1.807, 2.05) is 0 Å². The number of hydrogen-bond acceptors (Lipinski definition) is 2. The fourth-order valence-electron chi connectivity index (χ4n) is 3.28. The van der Waals surface area contributed by atoms with E-state index in [9.17, 15) is 0 Å². The number of hydrogen-bond donors (Lipinski definition) is 0. The lowest BCUT2D eigenvalue weighted by atomic mass is 9.75. The third-order valence-corrected chi connectivity index (χ3v) is 4.05. The third kappa shape index (κ3) is 4.12. The standard InChI is InChI=1S/C16H25NO.ClH/c1-17(2)12-13-8-4-5-9-14(13)15-10-6-7-11-16(15)18-3;/h6-7,10-11,13-14H,4-5,8-9,12H2,1-3H3;1H/t13-,14+;/m0./s1. The van der Waals surface area contributed by atoms with Crippen molar-refractivity contribution >= 4 is 12.4 Å². The predicted molar refractivity (Wildman–Crippen MR) is 83.5 cm³/mol. The molecule has 1 aliphatic rings. The van der Waals surface area contributed by atoms with Crippen LogP contribution in [-0.2, 0) is 0 Å². The Balaban J connectivity index is 0.00000180. The highest BCUT2D eigenvalue weighted by Gasteiger charge is 2.28. The molecule has 1 fully saturated rings. The first kappa shape index (κ1) is 16.3. The van der Waals surface area contributed by atoms with Crippen LogP contribution < -0.4 is 4.74 Å². The smallest absolute Gasteiger partial charge is 0.122 e. The molecule has 2 nitrogen and oxygen atoms in total. The summed E-state index contributed by atoms with van der Waals surface area (Å²) in [5, 5.41) is 0. The van der Waals surface area contributed by atoms with Crippen LogP contribution in [0.5, 0.6) is 5.75 Å². The number of benzene rings is 1. The van der Waals surface area contributed by atoms with Crippen molar-refractivity contribution in [2.24, 2.45) is 5.92 Å². The molecule has 0 amide bonds. The number of para-hydroxylation sites is 1. The van der Waals surface area contributed by atoms with Gasteiger partial charge in [0.25, 0.3) is 0 Å². The molecule has 0 N–H and O–H groups in total. The van der Waals surface area contributed by atoms with Gasteiger partial charge in [0.1, 0.15) is 5.75 Å². The zero-order chi connectivity index (χ0) is 13.0. The molecular formula is C16H26ClNO. The Labute approximate surface area is 123 Å². The van der Waals surface area contributed by atoms with E-state index < -0.39 is 0 Å². The Morgan fingerprint density at radius 1 is 1.16 bits per heavy atom. The maximum Gasteiger partial charge on any atom is 0.122 e. The molecule has 108 valence electrons. The summed E-state index contributed by atoms with van der Waals surface area (Å²) in [7, 11) is 6.13. The van der Waals surface area contributed by atoms with Crippen molar-refractivity contribution < 1.29 is 4.74 Å². The summed E-state index contributed by atoms with van der Waals surface area (Å²) < 4.78 is 5.54. The van der Waals surface area contributed by atoms with Crippen LogP contribution >= 0.6 is 12.4 Å². The van der Waals surface area contributed by atoms with E-state index in [0.29, 0.717) is 5.92 Å². The molecule has 1 aromatic rings. The van der Waals surface area contributed by atoms with Gasteiger partial charge >= 0.3 is 0 Å². The first-order valence-corrected chi connectivity index (χ1v) is 7.00. The molecule has 0 heterocycles. The van der Waals surface area contributed by atoms with Gasteiger partial charge in [-0.15, -0.1) is 12.4 Å². The van der Waals surface area contributed by atoms with Gasteiger partial charge in [-0.3, -0.25) is 0 Å². The van der Waals surface area contributed by atoms with Crippen LogP contribution in [-0.4, -0.2) is 32.6 Å². The van der Waals surface area contributed by atoms with Crippen molar-refractivity contribution in [3.05, 3.63) is 29.8 Å². The molecule has 0 bridgehead atoms. The van der Waals surface area contributed by atoms with Gasteiger partial charge < -0.3 is 9.64 Å². The summed E-state index contributed by atoms with van der Waals surface area (Å²) in [4.78, 5) is 2.32. The van der Waals surface area contributed by atoms with Crippen LogP contribution in [0.2, 0.25) is 0 Å². The van der Waals surface area contributed by atoms with Gasteiger partial charge in [0, 0.05) is 6.54 Å². The van der Waals surface area contributed by atoms with Crippen molar-refractivity contribution in [1.29, 1.82) is 0 Å². The first-order valence-electron chi connectivity index (χ1n) is 7.00. The molecule has 3 heteroatoms. The zero-order valence-corrected chi connectivity index (χ0v) is 13.1. The fraction of sp³-hybridized carbons (Fsp3) is 0.625. The normalized spacial score (nSPS) is 22.9. The van der Waals surface area contributed by atoms with Gasteiger partial charge in [0.05, 0.1) is 7.11 Å². The second kappa shape index (κ2) is 7.76. The van der Waals surface area contributed by atoms with E-state index in [4.69, 9.17) is 4.74 Å². The van der Waals surface area contributed by atoms with Gasteiger partial charge in [-0.25, -0.2) is 0 Å². The van der Waals surface area contributed by atoms with Gasteiger partial charge in [-0.05, 0) is 50.4 Å². The molecule has 0 unspecified atom stereocenters. The van der Waals surface area contributed by atoms with Gasteiger partial charge in [-0.2, -0.15) is 0 Å². The summed E-state index contributed by atoms with van der Waals surface area (Å²) in [6.45, 7) is 1.18. The molecule has 0 spiro atoms. The second-order valence-electron chi connectivity index (χ2n) is 5.66. The van der Waals surface area contributed by atoms with Crippen molar-refractivity contribution in [2.75, 3.05) is 27.7 Å². The highest BCUT2D eigenvalue weighted by molar-refractivity contribution is 5.85. The molecule has 2 atom stereocenters. The average Bonchev–Trinajstić information content (AvgIpc) is 2.39. The van der Waals surface area contributed by atoms with E-state index in [-0.39, 0.29) is 12.4 Å². The van der Waals surface area contributed by atoms with Gasteiger partial charge in [0.2, 0.25) is 0 Å². The Bertz CT molecular complexity index is 381. The Kier molecular flexibility index (Phi) is 6.67. The van der Waals surface area contributed by atoms with E-state index >= 15 is 0 Å². The number of rotatable bonds is 4. The second-order valence-corrected chi connectivity index (χ2v) is 5.66. The quantitative estimate of drug-likeness (QED) is 0.829. The number of nitrogens with zero attached hydrogens (tertiary/aromatic N) is 1. The summed E-state index contributed by atoms with van der Waals surface area (Å²) in [6, 6.07) is 8.54. The van der Waals surface area contributed by atoms with Crippen LogP contribution in [0.25, 0.3) is 0 Å². The van der Waals surface area contributed by atoms with Crippen molar-refractivity contribution in [1.82, 2.24) is 4.90 Å². The molecular weight excluding hydrogens is 258 g/mol. The maximum atomic E-state index is 5.54. The predicted octanol–water partition coefficient (Wildman–Crippen LogP) is 3.95. The minimum atomic E-state index is 0. The van der Waals surface area contributed by atoms with Crippen molar-refractivity contribution in [3.8, 4) is 5.75 Å². The van der Waals surface area contributed by atoms with Crippen LogP contribution in [0.1, 0.15) is 37.2 Å². The van der Waals surface area contributed by atoms with Crippen molar-refractivity contribution in [2.45, 2.75) is 31.6 Å². The molecule has 2 rings (SSSR count). The van der Waals surface area contributed by atoms with Crippen LogP contribution in [0.3, 0.4) is 0 Å². The number of halogens is 1. The van der Waals surface area contributed by atoms with Crippen LogP contribution in [0, 0.1) is 5.92 Å². The van der Waals surface area contributed by atoms with Crippen molar-refractivity contribution in [3.63, 3.8) is 0 Å². The number of methoxy groups -OCH3 is 1. The summed E-state index contributed by atoms with van der Waals surface area (Å²) in [5.41, 5.74) is 1.41. The van der Waals surface area contributed by atoms with E-state index in [1.54, 1.807) is 7.11 Å². The van der Waals surface area contributed by atoms with E-state index in [2.05, 4.69) is 43.3 Å². The van der Waals surface area contributed by atoms with Crippen LogP contribution in [0.4, 0.5) is 0 Å². The molecule has 1 saturated carbocycles. The van der Waals surface area contributed by atoms with Crippen LogP contribution in [0.15, 0.2) is 24.3 Å². The maximum absolute atomic E-state index is 5.54. The van der Waals surface area contributed by atoms with Gasteiger partial charge in [-0.1, -0.05) is 31.0 Å². The zero-order valence-electron chi connectivity index (χ0n) is 12.3. The number of ether oxygens (including phenoxy) is 1. The summed E-state index contributed by atoms with van der Waals surface area (Å²) in [6.07, 6.45) is 5.39. The minimum Gasteiger partial charge on any atom is -0.496 e. The highest BCUT2D eigenvalue weighted by Crippen LogP contribution is 2.41. The van der Waals surface area contributed by atoms with E-state index in [1.165, 1.54) is 37.8 Å². The fourth-order valence-corrected chi connectivity index (χ4v) is 3.28. The lowest BCUT2D eigenvalue weighted by Crippen LogP contribution is -2.29. The molecule has 1 aromatic carbocycles. The third-order valence-electron chi connectivity index (χ3n) is 4.05. The molecule has 1 aliphatic carbocycles. The molecule has 0 aromatic heterocycles. The lowest BCUT2D eigenvalue weighted by Gasteiger charge is -2.34. The highest BCUT2D eigenvalue weighted by atomic mass is 35.5. The monoisotopic (exact) mass is 283 g/mol. The van der Waals surface area contributed by atoms with E-state index in [0.717, 1.165) is 11.7 Å². The van der Waals surface area contributed by atoms with Gasteiger partial charge in [0.15, 0.2) is 0 Å². The Morgan fingerprint density at radius 3 is 2.53 bits per heavy atom. The average molecular weight is 284 g/mol. The largest absolute Gasteiger partial charge is 0.496 e. The summed E-state index contributed by atoms with van der Waals surface area (Å²) in [5.74, 6) is 2.50. The topological polar surface area (TPSA) is 12.5 Å². The summed E-state index contributed by atoms with van der Waals surface area (Å²) >= 11 is 0. The Hall–Kier alpha value is -0.730. The molecule has 19 heavy (non-hydrogen) atoms. The SMILES string of the molecule is COc1ccccc1[C@@H]1CCCC[C@H]1CN(C)C.Cl. The lowest BCUT2D eigenvalue weighted by molar-refractivity contribution is 0.230. The molecule has 0 aliphatic heterocycles. The first-order chi connectivity index (χ1) is 8.72. The molecule has 0 saturated heterocycles. The minimum absolute atomic E-state index is 0. The Morgan fingerprint density at radius 2 is 1.84 bits per heavy atom.